The standard InChI is InChI=1S/C13H17N3O2/c17-9-15-11-1-3-12(4-2-11)16-13(18)10-5-7-14-8-6-10/h1-4,9-10,14H,5-8H2,(H,15,17)(H,16,18). The molecule has 1 heterocycles. The molecule has 5 heteroatoms. The second kappa shape index (κ2) is 6.16. The van der Waals surface area contributed by atoms with E-state index in [4.69, 9.17) is 0 Å². The summed E-state index contributed by atoms with van der Waals surface area (Å²) in [5.41, 5.74) is 1.47. The summed E-state index contributed by atoms with van der Waals surface area (Å²) in [6, 6.07) is 7.08. The number of piperidine rings is 1. The van der Waals surface area contributed by atoms with Gasteiger partial charge < -0.3 is 16.0 Å². The lowest BCUT2D eigenvalue weighted by Crippen LogP contribution is -2.34. The van der Waals surface area contributed by atoms with Crippen LogP contribution in [-0.2, 0) is 9.59 Å². The first kappa shape index (κ1) is 12.6. The summed E-state index contributed by atoms with van der Waals surface area (Å²) in [6.45, 7) is 1.81. The van der Waals surface area contributed by atoms with Gasteiger partial charge in [-0.25, -0.2) is 0 Å². The van der Waals surface area contributed by atoms with E-state index in [9.17, 15) is 9.59 Å². The van der Waals surface area contributed by atoms with E-state index < -0.39 is 0 Å². The van der Waals surface area contributed by atoms with Crippen molar-refractivity contribution in [2.45, 2.75) is 12.8 Å². The van der Waals surface area contributed by atoms with Crippen molar-refractivity contribution < 1.29 is 9.59 Å². The minimum atomic E-state index is 0.0765. The zero-order valence-corrected chi connectivity index (χ0v) is 10.1. The second-order valence-electron chi connectivity index (χ2n) is 4.35. The lowest BCUT2D eigenvalue weighted by Gasteiger charge is -2.21. The van der Waals surface area contributed by atoms with Gasteiger partial charge in [0.25, 0.3) is 0 Å². The molecule has 1 aromatic rings. The van der Waals surface area contributed by atoms with E-state index >= 15 is 0 Å². The van der Waals surface area contributed by atoms with Gasteiger partial charge in [-0.15, -0.1) is 0 Å². The van der Waals surface area contributed by atoms with Crippen LogP contribution in [-0.4, -0.2) is 25.4 Å². The zero-order valence-electron chi connectivity index (χ0n) is 10.1. The third-order valence-electron chi connectivity index (χ3n) is 3.09. The van der Waals surface area contributed by atoms with Crippen LogP contribution in [0.2, 0.25) is 0 Å². The molecule has 1 saturated heterocycles. The van der Waals surface area contributed by atoms with E-state index in [1.54, 1.807) is 24.3 Å². The smallest absolute Gasteiger partial charge is 0.227 e. The van der Waals surface area contributed by atoms with Crippen LogP contribution in [0, 0.1) is 5.92 Å². The van der Waals surface area contributed by atoms with E-state index in [1.807, 2.05) is 0 Å². The molecule has 2 amide bonds. The van der Waals surface area contributed by atoms with Crippen LogP contribution in [0.3, 0.4) is 0 Å². The molecular formula is C13H17N3O2. The van der Waals surface area contributed by atoms with Crippen molar-refractivity contribution in [3.05, 3.63) is 24.3 Å². The lowest BCUT2D eigenvalue weighted by atomic mass is 9.97. The quantitative estimate of drug-likeness (QED) is 0.700. The van der Waals surface area contributed by atoms with Crippen LogP contribution in [0.1, 0.15) is 12.8 Å². The van der Waals surface area contributed by atoms with Gasteiger partial charge in [0.05, 0.1) is 0 Å². The molecule has 1 aliphatic rings. The number of hydrogen-bond donors (Lipinski definition) is 3. The monoisotopic (exact) mass is 247 g/mol. The average molecular weight is 247 g/mol. The molecule has 96 valence electrons. The maximum absolute atomic E-state index is 12.0. The molecule has 1 fully saturated rings. The van der Waals surface area contributed by atoms with Gasteiger partial charge in [0, 0.05) is 17.3 Å². The van der Waals surface area contributed by atoms with Crippen molar-refractivity contribution in [3.63, 3.8) is 0 Å². The molecule has 18 heavy (non-hydrogen) atoms. The fraction of sp³-hybridized carbons (Fsp3) is 0.385. The Bertz CT molecular complexity index is 411. The van der Waals surface area contributed by atoms with Crippen LogP contribution >= 0.6 is 0 Å². The first-order chi connectivity index (χ1) is 8.79. The average Bonchev–Trinajstić information content (AvgIpc) is 2.42. The normalized spacial score (nSPS) is 16.0. The van der Waals surface area contributed by atoms with Crippen molar-refractivity contribution in [1.82, 2.24) is 5.32 Å². The molecule has 0 unspecified atom stereocenters. The van der Waals surface area contributed by atoms with Gasteiger partial charge in [0.1, 0.15) is 0 Å². The predicted molar refractivity (Wildman–Crippen MR) is 70.4 cm³/mol. The summed E-state index contributed by atoms with van der Waals surface area (Å²) in [5, 5.41) is 8.68. The molecule has 0 saturated carbocycles. The Balaban J connectivity index is 1.91. The van der Waals surface area contributed by atoms with Crippen LogP contribution < -0.4 is 16.0 Å². The number of carbonyl (C=O) groups excluding carboxylic acids is 2. The number of benzene rings is 1. The molecule has 0 bridgehead atoms. The maximum Gasteiger partial charge on any atom is 0.227 e. The Hall–Kier alpha value is -1.88. The first-order valence-electron chi connectivity index (χ1n) is 6.11. The maximum atomic E-state index is 12.0. The van der Waals surface area contributed by atoms with E-state index in [0.717, 1.165) is 31.6 Å². The van der Waals surface area contributed by atoms with Gasteiger partial charge in [-0.2, -0.15) is 0 Å². The molecular weight excluding hydrogens is 230 g/mol. The van der Waals surface area contributed by atoms with Gasteiger partial charge in [0.15, 0.2) is 0 Å². The topological polar surface area (TPSA) is 70.2 Å². The van der Waals surface area contributed by atoms with Crippen molar-refractivity contribution in [2.24, 2.45) is 5.92 Å². The number of hydrogen-bond acceptors (Lipinski definition) is 3. The van der Waals surface area contributed by atoms with Crippen molar-refractivity contribution in [1.29, 1.82) is 0 Å². The summed E-state index contributed by atoms with van der Waals surface area (Å²) in [5.74, 6) is 0.173. The fourth-order valence-corrected chi connectivity index (χ4v) is 2.05. The number of rotatable bonds is 4. The van der Waals surface area contributed by atoms with E-state index in [2.05, 4.69) is 16.0 Å². The van der Waals surface area contributed by atoms with Crippen LogP contribution in [0.4, 0.5) is 11.4 Å². The Morgan fingerprint density at radius 3 is 2.39 bits per heavy atom. The summed E-state index contributed by atoms with van der Waals surface area (Å²) < 4.78 is 0. The minimum Gasteiger partial charge on any atom is -0.329 e. The molecule has 1 aromatic carbocycles. The Kier molecular flexibility index (Phi) is 4.30. The van der Waals surface area contributed by atoms with Crippen molar-refractivity contribution >= 4 is 23.7 Å². The van der Waals surface area contributed by atoms with Crippen LogP contribution in [0.25, 0.3) is 0 Å². The van der Waals surface area contributed by atoms with E-state index in [1.165, 1.54) is 0 Å². The van der Waals surface area contributed by atoms with Crippen LogP contribution in [0.5, 0.6) is 0 Å². The lowest BCUT2D eigenvalue weighted by molar-refractivity contribution is -0.120. The number of anilines is 2. The van der Waals surface area contributed by atoms with Gasteiger partial charge in [0.2, 0.25) is 12.3 Å². The molecule has 0 spiro atoms. The van der Waals surface area contributed by atoms with E-state index in [0.29, 0.717) is 12.1 Å². The number of carbonyl (C=O) groups is 2. The summed E-state index contributed by atoms with van der Waals surface area (Å²) in [6.07, 6.45) is 2.40. The first-order valence-corrected chi connectivity index (χ1v) is 6.11. The molecule has 5 nitrogen and oxygen atoms in total. The molecule has 0 radical (unpaired) electrons. The van der Waals surface area contributed by atoms with Crippen molar-refractivity contribution in [2.75, 3.05) is 23.7 Å². The summed E-state index contributed by atoms with van der Waals surface area (Å²) in [4.78, 5) is 22.2. The predicted octanol–water partition coefficient (Wildman–Crippen LogP) is 1.19. The second-order valence-corrected chi connectivity index (χ2v) is 4.35. The molecule has 0 atom stereocenters. The van der Waals surface area contributed by atoms with Gasteiger partial charge in [-0.1, -0.05) is 0 Å². The minimum absolute atomic E-state index is 0.0765. The van der Waals surface area contributed by atoms with E-state index in [-0.39, 0.29) is 11.8 Å². The Morgan fingerprint density at radius 2 is 1.78 bits per heavy atom. The third-order valence-corrected chi connectivity index (χ3v) is 3.09. The Labute approximate surface area is 106 Å². The van der Waals surface area contributed by atoms with Gasteiger partial charge >= 0.3 is 0 Å². The third kappa shape index (κ3) is 3.30. The number of amides is 2. The molecule has 0 aliphatic carbocycles. The van der Waals surface area contributed by atoms with Crippen LogP contribution in [0.15, 0.2) is 24.3 Å². The van der Waals surface area contributed by atoms with Gasteiger partial charge in [-0.3, -0.25) is 9.59 Å². The van der Waals surface area contributed by atoms with Gasteiger partial charge in [-0.05, 0) is 50.2 Å². The molecule has 0 aromatic heterocycles. The highest BCUT2D eigenvalue weighted by atomic mass is 16.2. The highest BCUT2D eigenvalue weighted by Gasteiger charge is 2.20. The molecule has 1 aliphatic heterocycles. The number of nitrogens with one attached hydrogen (secondary N) is 3. The highest BCUT2D eigenvalue weighted by molar-refractivity contribution is 5.92. The van der Waals surface area contributed by atoms with Crippen molar-refractivity contribution in [3.8, 4) is 0 Å². The molecule has 3 N–H and O–H groups in total. The summed E-state index contributed by atoms with van der Waals surface area (Å²) >= 11 is 0. The summed E-state index contributed by atoms with van der Waals surface area (Å²) in [7, 11) is 0. The molecule has 2 rings (SSSR count). The SMILES string of the molecule is O=CNc1ccc(NC(=O)C2CCNCC2)cc1. The zero-order chi connectivity index (χ0) is 12.8. The fourth-order valence-electron chi connectivity index (χ4n) is 2.05. The largest absolute Gasteiger partial charge is 0.329 e. The Morgan fingerprint density at radius 1 is 1.17 bits per heavy atom. The highest BCUT2D eigenvalue weighted by Crippen LogP contribution is 2.17.